The number of aromatic nitrogens is 2. The van der Waals surface area contributed by atoms with Crippen molar-refractivity contribution in [2.75, 3.05) is 11.9 Å². The van der Waals surface area contributed by atoms with E-state index in [1.807, 2.05) is 18.2 Å². The maximum absolute atomic E-state index is 4.64. The summed E-state index contributed by atoms with van der Waals surface area (Å²) in [7, 11) is 0. The third kappa shape index (κ3) is 3.77. The zero-order valence-electron chi connectivity index (χ0n) is 11.3. The first-order valence-corrected chi connectivity index (χ1v) is 7.40. The van der Waals surface area contributed by atoms with Gasteiger partial charge in [-0.05, 0) is 25.5 Å². The van der Waals surface area contributed by atoms with Gasteiger partial charge >= 0.3 is 0 Å². The lowest BCUT2D eigenvalue weighted by atomic mass is 10.1. The van der Waals surface area contributed by atoms with Gasteiger partial charge in [0.25, 0.3) is 0 Å². The molecule has 0 aliphatic carbocycles. The van der Waals surface area contributed by atoms with Crippen molar-refractivity contribution in [2.24, 2.45) is 0 Å². The van der Waals surface area contributed by atoms with Gasteiger partial charge in [0, 0.05) is 29.1 Å². The van der Waals surface area contributed by atoms with Gasteiger partial charge in [0.1, 0.15) is 11.6 Å². The first-order chi connectivity index (χ1) is 9.22. The summed E-state index contributed by atoms with van der Waals surface area (Å²) < 4.78 is 1.06. The second-order valence-corrected chi connectivity index (χ2v) is 5.26. The van der Waals surface area contributed by atoms with Crippen LogP contribution in [0.4, 0.5) is 5.82 Å². The fraction of sp³-hybridized carbons (Fsp3) is 0.333. The first kappa shape index (κ1) is 14.0. The maximum Gasteiger partial charge on any atom is 0.131 e. The molecule has 2 aromatic rings. The summed E-state index contributed by atoms with van der Waals surface area (Å²) in [6.45, 7) is 5.07. The van der Waals surface area contributed by atoms with Crippen molar-refractivity contribution in [3.8, 4) is 11.3 Å². The van der Waals surface area contributed by atoms with Crippen molar-refractivity contribution in [3.05, 3.63) is 40.6 Å². The lowest BCUT2D eigenvalue weighted by Crippen LogP contribution is -2.04. The first-order valence-electron chi connectivity index (χ1n) is 6.60. The lowest BCUT2D eigenvalue weighted by molar-refractivity contribution is 0.836. The number of aryl methyl sites for hydroxylation is 1. The molecular formula is C15H18BrN3. The average Bonchev–Trinajstić information content (AvgIpc) is 2.39. The van der Waals surface area contributed by atoms with Crippen LogP contribution in [0.15, 0.2) is 34.8 Å². The molecule has 0 bridgehead atoms. The number of benzene rings is 1. The van der Waals surface area contributed by atoms with Crippen LogP contribution in [-0.2, 0) is 6.42 Å². The van der Waals surface area contributed by atoms with Crippen molar-refractivity contribution in [1.82, 2.24) is 9.97 Å². The molecule has 0 saturated carbocycles. The fourth-order valence-electron chi connectivity index (χ4n) is 1.90. The second-order valence-electron chi connectivity index (χ2n) is 4.35. The van der Waals surface area contributed by atoms with E-state index in [1.54, 1.807) is 0 Å². The van der Waals surface area contributed by atoms with Crippen molar-refractivity contribution < 1.29 is 0 Å². The van der Waals surface area contributed by atoms with E-state index in [4.69, 9.17) is 0 Å². The minimum Gasteiger partial charge on any atom is -0.370 e. The summed E-state index contributed by atoms with van der Waals surface area (Å²) >= 11 is 3.50. The molecular weight excluding hydrogens is 302 g/mol. The quantitative estimate of drug-likeness (QED) is 0.893. The number of rotatable bonds is 5. The van der Waals surface area contributed by atoms with Crippen LogP contribution in [-0.4, -0.2) is 16.5 Å². The van der Waals surface area contributed by atoms with Crippen LogP contribution in [0.1, 0.15) is 26.1 Å². The summed E-state index contributed by atoms with van der Waals surface area (Å²) in [4.78, 5) is 9.17. The van der Waals surface area contributed by atoms with E-state index in [0.29, 0.717) is 0 Å². The molecule has 0 fully saturated rings. The fourth-order valence-corrected chi connectivity index (χ4v) is 2.30. The van der Waals surface area contributed by atoms with Crippen molar-refractivity contribution in [1.29, 1.82) is 0 Å². The highest BCUT2D eigenvalue weighted by molar-refractivity contribution is 9.10. The Morgan fingerprint density at radius 2 is 2.00 bits per heavy atom. The van der Waals surface area contributed by atoms with Crippen LogP contribution in [0.3, 0.4) is 0 Å². The van der Waals surface area contributed by atoms with Crippen molar-refractivity contribution >= 4 is 21.7 Å². The van der Waals surface area contributed by atoms with E-state index in [2.05, 4.69) is 57.2 Å². The van der Waals surface area contributed by atoms with Gasteiger partial charge < -0.3 is 5.32 Å². The molecule has 2 rings (SSSR count). The van der Waals surface area contributed by atoms with Crippen LogP contribution in [0.5, 0.6) is 0 Å². The van der Waals surface area contributed by atoms with Gasteiger partial charge in [-0.25, -0.2) is 9.97 Å². The molecule has 1 N–H and O–H groups in total. The Bertz CT molecular complexity index is 531. The third-order valence-corrected chi connectivity index (χ3v) is 3.22. The highest BCUT2D eigenvalue weighted by atomic mass is 79.9. The van der Waals surface area contributed by atoms with Crippen LogP contribution < -0.4 is 5.32 Å². The van der Waals surface area contributed by atoms with Crippen LogP contribution in [0, 0.1) is 0 Å². The molecule has 100 valence electrons. The molecule has 0 spiro atoms. The standard InChI is InChI=1S/C15H18BrN3/c1-3-6-14-18-13(10-15(19-14)17-4-2)11-7-5-8-12(16)9-11/h5,7-10H,3-4,6H2,1-2H3,(H,17,18,19). The average molecular weight is 320 g/mol. The van der Waals surface area contributed by atoms with Gasteiger partial charge in [0.2, 0.25) is 0 Å². The topological polar surface area (TPSA) is 37.8 Å². The summed E-state index contributed by atoms with van der Waals surface area (Å²) in [5.74, 6) is 1.80. The molecule has 4 heteroatoms. The minimum absolute atomic E-state index is 0.862. The molecule has 19 heavy (non-hydrogen) atoms. The maximum atomic E-state index is 4.64. The number of anilines is 1. The van der Waals surface area contributed by atoms with Gasteiger partial charge in [0.05, 0.1) is 5.69 Å². The second kappa shape index (κ2) is 6.66. The van der Waals surface area contributed by atoms with Gasteiger partial charge in [-0.2, -0.15) is 0 Å². The number of hydrogen-bond acceptors (Lipinski definition) is 3. The van der Waals surface area contributed by atoms with E-state index in [1.165, 1.54) is 0 Å². The molecule has 1 aromatic carbocycles. The Morgan fingerprint density at radius 3 is 2.68 bits per heavy atom. The van der Waals surface area contributed by atoms with Gasteiger partial charge in [-0.15, -0.1) is 0 Å². The smallest absolute Gasteiger partial charge is 0.131 e. The Labute approximate surface area is 122 Å². The predicted molar refractivity (Wildman–Crippen MR) is 83.3 cm³/mol. The number of nitrogens with zero attached hydrogens (tertiary/aromatic N) is 2. The largest absolute Gasteiger partial charge is 0.370 e. The summed E-state index contributed by atoms with van der Waals surface area (Å²) in [5, 5.41) is 3.27. The molecule has 3 nitrogen and oxygen atoms in total. The Hall–Kier alpha value is -1.42. The molecule has 1 aromatic heterocycles. The molecule has 0 aliphatic rings. The van der Waals surface area contributed by atoms with Gasteiger partial charge in [-0.1, -0.05) is 35.0 Å². The summed E-state index contributed by atoms with van der Waals surface area (Å²) in [6.07, 6.45) is 1.95. The van der Waals surface area contributed by atoms with E-state index in [-0.39, 0.29) is 0 Å². The van der Waals surface area contributed by atoms with Crippen LogP contribution in [0.25, 0.3) is 11.3 Å². The Balaban J connectivity index is 2.43. The molecule has 0 aliphatic heterocycles. The molecule has 0 saturated heterocycles. The van der Waals surface area contributed by atoms with Gasteiger partial charge in [-0.3, -0.25) is 0 Å². The molecule has 0 amide bonds. The molecule has 0 radical (unpaired) electrons. The highest BCUT2D eigenvalue weighted by Crippen LogP contribution is 2.23. The lowest BCUT2D eigenvalue weighted by Gasteiger charge is -2.09. The summed E-state index contributed by atoms with van der Waals surface area (Å²) in [6, 6.07) is 10.2. The van der Waals surface area contributed by atoms with Crippen LogP contribution in [0.2, 0.25) is 0 Å². The minimum atomic E-state index is 0.862. The van der Waals surface area contributed by atoms with Gasteiger partial charge in [0.15, 0.2) is 0 Å². The van der Waals surface area contributed by atoms with Crippen molar-refractivity contribution in [3.63, 3.8) is 0 Å². The molecule has 1 heterocycles. The molecule has 0 unspecified atom stereocenters. The summed E-state index contributed by atoms with van der Waals surface area (Å²) in [5.41, 5.74) is 2.07. The van der Waals surface area contributed by atoms with E-state index in [9.17, 15) is 0 Å². The van der Waals surface area contributed by atoms with E-state index < -0.39 is 0 Å². The zero-order valence-corrected chi connectivity index (χ0v) is 12.9. The monoisotopic (exact) mass is 319 g/mol. The highest BCUT2D eigenvalue weighted by Gasteiger charge is 2.06. The Morgan fingerprint density at radius 1 is 1.16 bits per heavy atom. The van der Waals surface area contributed by atoms with Crippen LogP contribution >= 0.6 is 15.9 Å². The number of hydrogen-bond donors (Lipinski definition) is 1. The van der Waals surface area contributed by atoms with E-state index >= 15 is 0 Å². The van der Waals surface area contributed by atoms with Crippen molar-refractivity contribution in [2.45, 2.75) is 26.7 Å². The number of halogens is 1. The SMILES string of the molecule is CCCc1nc(NCC)cc(-c2cccc(Br)c2)n1. The van der Waals surface area contributed by atoms with E-state index in [0.717, 1.165) is 46.8 Å². The third-order valence-electron chi connectivity index (χ3n) is 2.72. The zero-order chi connectivity index (χ0) is 13.7. The predicted octanol–water partition coefficient (Wildman–Crippen LogP) is 4.29. The number of nitrogens with one attached hydrogen (secondary N) is 1. The normalized spacial score (nSPS) is 10.5. The molecule has 0 atom stereocenters. The Kier molecular flexibility index (Phi) is 4.91.